The van der Waals surface area contributed by atoms with E-state index < -0.39 is 23.5 Å². The van der Waals surface area contributed by atoms with Crippen molar-refractivity contribution in [2.24, 2.45) is 0 Å². The highest BCUT2D eigenvalue weighted by molar-refractivity contribution is 7.12. The van der Waals surface area contributed by atoms with E-state index in [4.69, 9.17) is 14.9 Å². The zero-order chi connectivity index (χ0) is 17.7. The normalized spacial score (nSPS) is 11.1. The van der Waals surface area contributed by atoms with E-state index >= 15 is 0 Å². The number of ether oxygens (including phenoxy) is 1. The molecule has 3 N–H and O–H groups in total. The quantitative estimate of drug-likeness (QED) is 0.399. The van der Waals surface area contributed by atoms with Gasteiger partial charge in [-0.1, -0.05) is 12.1 Å². The van der Waals surface area contributed by atoms with Crippen molar-refractivity contribution >= 4 is 34.8 Å². The highest BCUT2D eigenvalue weighted by Crippen LogP contribution is 2.22. The van der Waals surface area contributed by atoms with E-state index in [-0.39, 0.29) is 17.0 Å². The van der Waals surface area contributed by atoms with E-state index in [1.54, 1.807) is 23.6 Å². The number of rotatable bonds is 7. The SMILES string of the molecule is O=C(O)C(=O)C=C(O)c1cccc(OCc2ccsc2C(=O)O)c1. The topological polar surface area (TPSA) is 121 Å². The second-order valence-electron chi connectivity index (χ2n) is 4.60. The molecule has 1 aromatic carbocycles. The van der Waals surface area contributed by atoms with E-state index in [1.807, 2.05) is 0 Å². The monoisotopic (exact) mass is 348 g/mol. The lowest BCUT2D eigenvalue weighted by molar-refractivity contribution is -0.146. The third-order valence-corrected chi connectivity index (χ3v) is 3.89. The largest absolute Gasteiger partial charge is 0.507 e. The molecule has 0 aliphatic rings. The number of aliphatic carboxylic acids is 1. The van der Waals surface area contributed by atoms with Gasteiger partial charge in [-0.15, -0.1) is 11.3 Å². The molecule has 2 rings (SSSR count). The minimum Gasteiger partial charge on any atom is -0.507 e. The van der Waals surface area contributed by atoms with Gasteiger partial charge in [-0.2, -0.15) is 0 Å². The maximum Gasteiger partial charge on any atom is 0.376 e. The van der Waals surface area contributed by atoms with Gasteiger partial charge in [0.25, 0.3) is 5.78 Å². The van der Waals surface area contributed by atoms with Crippen LogP contribution in [0.15, 0.2) is 41.8 Å². The van der Waals surface area contributed by atoms with Gasteiger partial charge in [0, 0.05) is 17.2 Å². The number of carbonyl (C=O) groups excluding carboxylic acids is 1. The van der Waals surface area contributed by atoms with Crippen molar-refractivity contribution in [3.63, 3.8) is 0 Å². The van der Waals surface area contributed by atoms with Crippen LogP contribution in [-0.4, -0.2) is 33.0 Å². The number of aliphatic hydroxyl groups is 1. The summed E-state index contributed by atoms with van der Waals surface area (Å²) >= 11 is 1.09. The van der Waals surface area contributed by atoms with E-state index in [9.17, 15) is 19.5 Å². The van der Waals surface area contributed by atoms with E-state index in [2.05, 4.69) is 0 Å². The number of carbonyl (C=O) groups is 3. The maximum atomic E-state index is 11.1. The smallest absolute Gasteiger partial charge is 0.376 e. The summed E-state index contributed by atoms with van der Waals surface area (Å²) in [5, 5.41) is 29.0. The first kappa shape index (κ1) is 17.2. The third-order valence-electron chi connectivity index (χ3n) is 2.94. The Hall–Kier alpha value is -3.13. The molecular weight excluding hydrogens is 336 g/mol. The van der Waals surface area contributed by atoms with Crippen LogP contribution in [0.2, 0.25) is 0 Å². The van der Waals surface area contributed by atoms with E-state index in [1.165, 1.54) is 12.1 Å². The van der Waals surface area contributed by atoms with Crippen molar-refractivity contribution < 1.29 is 34.4 Å². The molecule has 124 valence electrons. The van der Waals surface area contributed by atoms with Gasteiger partial charge in [0.05, 0.1) is 0 Å². The molecular formula is C16H12O7S. The minimum atomic E-state index is -1.67. The fourth-order valence-corrected chi connectivity index (χ4v) is 2.56. The number of thiophene rings is 1. The third kappa shape index (κ3) is 4.20. The van der Waals surface area contributed by atoms with Gasteiger partial charge in [0.2, 0.25) is 0 Å². The molecule has 0 saturated heterocycles. The molecule has 0 saturated carbocycles. The molecule has 8 heteroatoms. The van der Waals surface area contributed by atoms with Crippen molar-refractivity contribution in [1.29, 1.82) is 0 Å². The van der Waals surface area contributed by atoms with Crippen LogP contribution in [0.3, 0.4) is 0 Å². The maximum absolute atomic E-state index is 11.1. The second kappa shape index (κ2) is 7.42. The lowest BCUT2D eigenvalue weighted by Crippen LogP contribution is -2.09. The Morgan fingerprint density at radius 3 is 2.54 bits per heavy atom. The van der Waals surface area contributed by atoms with Crippen LogP contribution < -0.4 is 4.74 Å². The van der Waals surface area contributed by atoms with Gasteiger partial charge in [0.1, 0.15) is 23.0 Å². The minimum absolute atomic E-state index is 0.0210. The van der Waals surface area contributed by atoms with Crippen molar-refractivity contribution in [3.05, 3.63) is 57.8 Å². The molecule has 0 unspecified atom stereocenters. The summed E-state index contributed by atoms with van der Waals surface area (Å²) in [6.45, 7) is 0.0210. The molecule has 0 fully saturated rings. The average Bonchev–Trinajstić information content (AvgIpc) is 3.01. The number of hydrogen-bond donors (Lipinski definition) is 3. The lowest BCUT2D eigenvalue weighted by Gasteiger charge is -2.08. The van der Waals surface area contributed by atoms with Gasteiger partial charge < -0.3 is 20.1 Å². The van der Waals surface area contributed by atoms with Gasteiger partial charge in [-0.25, -0.2) is 9.59 Å². The second-order valence-corrected chi connectivity index (χ2v) is 5.51. The summed E-state index contributed by atoms with van der Waals surface area (Å²) in [4.78, 5) is 32.8. The van der Waals surface area contributed by atoms with Crippen LogP contribution >= 0.6 is 11.3 Å². The number of aromatic carboxylic acids is 1. The Balaban J connectivity index is 2.13. The highest BCUT2D eigenvalue weighted by atomic mass is 32.1. The highest BCUT2D eigenvalue weighted by Gasteiger charge is 2.13. The van der Waals surface area contributed by atoms with E-state index in [0.29, 0.717) is 17.4 Å². The number of hydrogen-bond acceptors (Lipinski definition) is 6. The summed E-state index contributed by atoms with van der Waals surface area (Å²) in [6.07, 6.45) is 0.600. The summed E-state index contributed by atoms with van der Waals surface area (Å²) in [5.41, 5.74) is 0.713. The Bertz CT molecular complexity index is 819. The fourth-order valence-electron chi connectivity index (χ4n) is 1.81. The number of carboxylic acids is 2. The molecule has 0 aliphatic heterocycles. The van der Waals surface area contributed by atoms with Crippen molar-refractivity contribution in [3.8, 4) is 5.75 Å². The van der Waals surface area contributed by atoms with Crippen LogP contribution in [0.25, 0.3) is 5.76 Å². The molecule has 24 heavy (non-hydrogen) atoms. The lowest BCUT2D eigenvalue weighted by atomic mass is 10.1. The predicted molar refractivity (Wildman–Crippen MR) is 85.3 cm³/mol. The molecule has 0 bridgehead atoms. The van der Waals surface area contributed by atoms with Crippen LogP contribution in [-0.2, 0) is 16.2 Å². The first-order valence-electron chi connectivity index (χ1n) is 6.59. The summed E-state index contributed by atoms with van der Waals surface area (Å²) in [5.74, 6) is -4.13. The molecule has 1 heterocycles. The van der Waals surface area contributed by atoms with E-state index in [0.717, 1.165) is 11.3 Å². The van der Waals surface area contributed by atoms with Gasteiger partial charge >= 0.3 is 11.9 Å². The van der Waals surface area contributed by atoms with Gasteiger partial charge in [-0.3, -0.25) is 4.79 Å². The molecule has 7 nitrogen and oxygen atoms in total. The number of carboxylic acid groups (broad SMARTS) is 2. The molecule has 0 radical (unpaired) electrons. The zero-order valence-electron chi connectivity index (χ0n) is 12.1. The number of aliphatic hydroxyl groups excluding tert-OH is 1. The Morgan fingerprint density at radius 2 is 1.88 bits per heavy atom. The Morgan fingerprint density at radius 1 is 1.12 bits per heavy atom. The molecule has 2 aromatic rings. The summed E-state index contributed by atoms with van der Waals surface area (Å²) < 4.78 is 5.49. The van der Waals surface area contributed by atoms with Crippen molar-refractivity contribution in [2.75, 3.05) is 0 Å². The van der Waals surface area contributed by atoms with Crippen molar-refractivity contribution in [1.82, 2.24) is 0 Å². The van der Waals surface area contributed by atoms with Crippen LogP contribution in [0, 0.1) is 0 Å². The standard InChI is InChI=1S/C16H12O7S/c17-12(7-13(18)15(19)20)9-2-1-3-11(6-9)23-8-10-4-5-24-14(10)16(21)22/h1-7,17H,8H2,(H,19,20)(H,21,22). The first-order valence-corrected chi connectivity index (χ1v) is 7.47. The summed E-state index contributed by atoms with van der Waals surface area (Å²) in [6, 6.07) is 7.66. The molecule has 0 aliphatic carbocycles. The molecule has 0 amide bonds. The molecule has 0 spiro atoms. The van der Waals surface area contributed by atoms with Crippen LogP contribution in [0.1, 0.15) is 20.8 Å². The van der Waals surface area contributed by atoms with Crippen LogP contribution in [0.5, 0.6) is 5.75 Å². The Kier molecular flexibility index (Phi) is 5.33. The Labute approximate surface area is 140 Å². The fraction of sp³-hybridized carbons (Fsp3) is 0.0625. The first-order chi connectivity index (χ1) is 11.4. The predicted octanol–water partition coefficient (Wildman–Crippen LogP) is 2.58. The number of benzene rings is 1. The van der Waals surface area contributed by atoms with Gasteiger partial charge in [0.15, 0.2) is 0 Å². The molecule has 1 aromatic heterocycles. The van der Waals surface area contributed by atoms with Crippen LogP contribution in [0.4, 0.5) is 0 Å². The average molecular weight is 348 g/mol. The molecule has 0 atom stereocenters. The van der Waals surface area contributed by atoms with Gasteiger partial charge in [-0.05, 0) is 23.6 Å². The summed E-state index contributed by atoms with van der Waals surface area (Å²) in [7, 11) is 0. The number of ketones is 1. The zero-order valence-corrected chi connectivity index (χ0v) is 12.9. The van der Waals surface area contributed by atoms with Crippen molar-refractivity contribution in [2.45, 2.75) is 6.61 Å².